The Labute approximate surface area is 181 Å². The summed E-state index contributed by atoms with van der Waals surface area (Å²) < 4.78 is 13.7. The lowest BCUT2D eigenvalue weighted by molar-refractivity contribution is -0.124. The van der Waals surface area contributed by atoms with Gasteiger partial charge in [-0.2, -0.15) is 0 Å². The predicted octanol–water partition coefficient (Wildman–Crippen LogP) is 0.171. The molecule has 1 aromatic heterocycles. The zero-order chi connectivity index (χ0) is 22.0. The third-order valence-electron chi connectivity index (χ3n) is 6.63. The summed E-state index contributed by atoms with van der Waals surface area (Å²) in [6.07, 6.45) is 2.81. The van der Waals surface area contributed by atoms with Crippen molar-refractivity contribution in [1.29, 1.82) is 0 Å². The molecule has 4 rings (SSSR count). The molecule has 1 aromatic rings. The van der Waals surface area contributed by atoms with E-state index in [2.05, 4.69) is 30.6 Å². The number of carbonyl (C=O) groups excluding carboxylic acids is 1. The van der Waals surface area contributed by atoms with Crippen LogP contribution in [0.25, 0.3) is 0 Å². The first-order valence-electron chi connectivity index (χ1n) is 10.9. The van der Waals surface area contributed by atoms with E-state index in [1.54, 1.807) is 24.3 Å². The zero-order valence-electron chi connectivity index (χ0n) is 17.8. The Morgan fingerprint density at radius 1 is 1.39 bits per heavy atom. The first-order chi connectivity index (χ1) is 15.0. The second-order valence-electron chi connectivity index (χ2n) is 8.67. The number of fused-ring (bicyclic) bond motifs is 1. The summed E-state index contributed by atoms with van der Waals surface area (Å²) in [5, 5.41) is 8.80. The van der Waals surface area contributed by atoms with Gasteiger partial charge >= 0.3 is 0 Å². The smallest absolute Gasteiger partial charge is 0.234 e. The fourth-order valence-corrected chi connectivity index (χ4v) is 5.03. The molecule has 10 nitrogen and oxygen atoms in total. The lowest BCUT2D eigenvalue weighted by atomic mass is 9.98. The van der Waals surface area contributed by atoms with Crippen LogP contribution in [0.3, 0.4) is 0 Å². The van der Waals surface area contributed by atoms with E-state index < -0.39 is 30.3 Å². The van der Waals surface area contributed by atoms with Crippen LogP contribution >= 0.6 is 0 Å². The van der Waals surface area contributed by atoms with Gasteiger partial charge in [-0.15, -0.1) is 4.91 Å². The highest BCUT2D eigenvalue weighted by Gasteiger charge is 2.40. The molecule has 5 atom stereocenters. The van der Waals surface area contributed by atoms with Crippen LogP contribution in [-0.2, 0) is 4.79 Å². The normalized spacial score (nSPS) is 29.3. The number of pyridine rings is 1. The molecule has 0 radical (unpaired) electrons. The van der Waals surface area contributed by atoms with Crippen LogP contribution in [0.5, 0.6) is 0 Å². The first kappa shape index (κ1) is 22.0. The summed E-state index contributed by atoms with van der Waals surface area (Å²) in [7, 11) is 1.69. The molecule has 31 heavy (non-hydrogen) atoms. The molecule has 0 bridgehead atoms. The molecule has 4 unspecified atom stereocenters. The SMILES string of the molecule is CN1CC(F)CNC1C(C(=O)Nc1cnccc1N1CCN2CCC[C@H]2C1)C(N)N=O. The predicted molar refractivity (Wildman–Crippen MR) is 116 cm³/mol. The van der Waals surface area contributed by atoms with Crippen molar-refractivity contribution in [3.05, 3.63) is 23.4 Å². The maximum absolute atomic E-state index is 13.7. The van der Waals surface area contributed by atoms with Gasteiger partial charge in [-0.3, -0.25) is 24.9 Å². The van der Waals surface area contributed by atoms with Gasteiger partial charge in [-0.1, -0.05) is 5.18 Å². The molecular formula is C20H31FN8O2. The zero-order valence-corrected chi connectivity index (χ0v) is 17.8. The maximum atomic E-state index is 13.7. The first-order valence-corrected chi connectivity index (χ1v) is 10.9. The quantitative estimate of drug-likeness (QED) is 0.542. The molecule has 11 heteroatoms. The fourth-order valence-electron chi connectivity index (χ4n) is 5.03. The Hall–Kier alpha value is -2.21. The van der Waals surface area contributed by atoms with Crippen molar-refractivity contribution in [3.8, 4) is 0 Å². The van der Waals surface area contributed by atoms with Crippen LogP contribution in [-0.4, -0.2) is 91.6 Å². The summed E-state index contributed by atoms with van der Waals surface area (Å²) >= 11 is 0. The number of alkyl halides is 1. The average Bonchev–Trinajstić information content (AvgIpc) is 3.23. The number of carbonyl (C=O) groups is 1. The highest BCUT2D eigenvalue weighted by molar-refractivity contribution is 5.96. The van der Waals surface area contributed by atoms with Gasteiger partial charge in [-0.05, 0) is 32.5 Å². The second kappa shape index (κ2) is 9.51. The molecule has 4 N–H and O–H groups in total. The van der Waals surface area contributed by atoms with Crippen LogP contribution < -0.4 is 21.3 Å². The number of hydrogen-bond acceptors (Lipinski definition) is 9. The molecule has 0 aromatic carbocycles. The largest absolute Gasteiger partial charge is 0.367 e. The molecule has 3 saturated heterocycles. The molecule has 0 spiro atoms. The fraction of sp³-hybridized carbons (Fsp3) is 0.700. The molecule has 170 valence electrons. The van der Waals surface area contributed by atoms with Crippen molar-refractivity contribution in [3.63, 3.8) is 0 Å². The molecular weight excluding hydrogens is 403 g/mol. The van der Waals surface area contributed by atoms with E-state index in [0.29, 0.717) is 11.7 Å². The Morgan fingerprint density at radius 3 is 3.00 bits per heavy atom. The van der Waals surface area contributed by atoms with E-state index in [1.807, 2.05) is 6.07 Å². The number of aromatic nitrogens is 1. The van der Waals surface area contributed by atoms with Crippen molar-refractivity contribution in [1.82, 2.24) is 20.1 Å². The molecule has 3 aliphatic heterocycles. The van der Waals surface area contributed by atoms with E-state index in [9.17, 15) is 14.1 Å². The van der Waals surface area contributed by atoms with Gasteiger partial charge in [0.2, 0.25) is 5.91 Å². The van der Waals surface area contributed by atoms with Gasteiger partial charge in [-0.25, -0.2) is 4.39 Å². The van der Waals surface area contributed by atoms with E-state index in [-0.39, 0.29) is 13.1 Å². The van der Waals surface area contributed by atoms with Crippen molar-refractivity contribution < 1.29 is 9.18 Å². The van der Waals surface area contributed by atoms with Gasteiger partial charge in [0, 0.05) is 45.0 Å². The minimum Gasteiger partial charge on any atom is -0.367 e. The minimum atomic E-state index is -1.27. The maximum Gasteiger partial charge on any atom is 0.234 e. The third-order valence-corrected chi connectivity index (χ3v) is 6.63. The highest BCUT2D eigenvalue weighted by atomic mass is 19.1. The Morgan fingerprint density at radius 2 is 2.23 bits per heavy atom. The standard InChI is InChI=1S/C20H31FN8O2/c1-27-11-13(21)9-24-19(27)17(18(22)26-31)20(30)25-15-10-23-5-4-16(15)29-8-7-28-6-2-3-14(28)12-29/h4-5,10,13-14,17-19,24H,2-3,6-9,11-12,22H2,1H3,(H,25,30)/t13?,14-,17?,18?,19?/m0/s1. The van der Waals surface area contributed by atoms with Crippen LogP contribution in [0.15, 0.2) is 23.6 Å². The molecule has 0 aliphatic carbocycles. The average molecular weight is 435 g/mol. The van der Waals surface area contributed by atoms with E-state index >= 15 is 0 Å². The summed E-state index contributed by atoms with van der Waals surface area (Å²) in [5.41, 5.74) is 7.38. The number of anilines is 2. The molecule has 1 amide bonds. The van der Waals surface area contributed by atoms with Crippen molar-refractivity contribution in [2.24, 2.45) is 16.8 Å². The third kappa shape index (κ3) is 4.69. The second-order valence-corrected chi connectivity index (χ2v) is 8.67. The molecule has 3 aliphatic rings. The number of nitroso groups, excluding NO2 is 1. The summed E-state index contributed by atoms with van der Waals surface area (Å²) in [4.78, 5) is 35.1. The molecule has 0 saturated carbocycles. The van der Waals surface area contributed by atoms with E-state index in [4.69, 9.17) is 5.73 Å². The van der Waals surface area contributed by atoms with Crippen molar-refractivity contribution in [2.45, 2.75) is 37.4 Å². The Bertz CT molecular complexity index is 798. The summed E-state index contributed by atoms with van der Waals surface area (Å²) in [6.45, 7) is 4.15. The van der Waals surface area contributed by atoms with Crippen LogP contribution in [0.4, 0.5) is 15.8 Å². The number of halogens is 1. The summed E-state index contributed by atoms with van der Waals surface area (Å²) in [5.74, 6) is -1.42. The van der Waals surface area contributed by atoms with Gasteiger partial charge in [0.05, 0.1) is 23.7 Å². The number of nitrogens with two attached hydrogens (primary N) is 1. The number of piperazine rings is 1. The van der Waals surface area contributed by atoms with E-state index in [0.717, 1.165) is 31.9 Å². The number of hydrogen-bond donors (Lipinski definition) is 3. The lowest BCUT2D eigenvalue weighted by Crippen LogP contribution is -2.62. The van der Waals surface area contributed by atoms with Crippen LogP contribution in [0, 0.1) is 10.8 Å². The van der Waals surface area contributed by atoms with E-state index in [1.165, 1.54) is 12.8 Å². The van der Waals surface area contributed by atoms with Gasteiger partial charge in [0.15, 0.2) is 6.17 Å². The highest BCUT2D eigenvalue weighted by Crippen LogP contribution is 2.31. The van der Waals surface area contributed by atoms with Crippen LogP contribution in [0.1, 0.15) is 12.8 Å². The van der Waals surface area contributed by atoms with Gasteiger partial charge in [0.1, 0.15) is 12.1 Å². The molecule has 4 heterocycles. The van der Waals surface area contributed by atoms with Crippen molar-refractivity contribution in [2.75, 3.05) is 56.5 Å². The number of nitrogens with zero attached hydrogens (tertiary/aromatic N) is 5. The minimum absolute atomic E-state index is 0.0914. The topological polar surface area (TPSA) is 119 Å². The Kier molecular flexibility index (Phi) is 6.75. The van der Waals surface area contributed by atoms with Gasteiger partial charge < -0.3 is 16.0 Å². The Balaban J connectivity index is 1.52. The monoisotopic (exact) mass is 434 g/mol. The van der Waals surface area contributed by atoms with Crippen LogP contribution in [0.2, 0.25) is 0 Å². The lowest BCUT2D eigenvalue weighted by Gasteiger charge is -2.40. The number of rotatable bonds is 6. The van der Waals surface area contributed by atoms with Crippen molar-refractivity contribution >= 4 is 17.3 Å². The molecule has 3 fully saturated rings. The number of amides is 1. The van der Waals surface area contributed by atoms with Gasteiger partial charge in [0.25, 0.3) is 0 Å². The number of nitrogens with one attached hydrogen (secondary N) is 2. The summed E-state index contributed by atoms with van der Waals surface area (Å²) in [6, 6.07) is 2.42.